The number of nitrogens with zero attached hydrogens (tertiary/aromatic N) is 2. The first-order valence-electron chi connectivity index (χ1n) is 8.32. The molecule has 0 saturated heterocycles. The molecule has 0 radical (unpaired) electrons. The van der Waals surface area contributed by atoms with Gasteiger partial charge in [0, 0.05) is 18.7 Å². The highest BCUT2D eigenvalue weighted by Gasteiger charge is 2.18. The van der Waals surface area contributed by atoms with Crippen LogP contribution in [0, 0.1) is 0 Å². The topological polar surface area (TPSA) is 33.2 Å². The van der Waals surface area contributed by atoms with E-state index < -0.39 is 0 Å². The lowest BCUT2D eigenvalue weighted by Crippen LogP contribution is -2.29. The highest BCUT2D eigenvalue weighted by Crippen LogP contribution is 2.30. The smallest absolute Gasteiger partial charge is 0.224 e. The van der Waals surface area contributed by atoms with Crippen molar-refractivity contribution in [1.82, 2.24) is 4.98 Å². The molecule has 0 aliphatic carbocycles. The molecule has 0 saturated carbocycles. The molecular formula is C22H18N2O. The van der Waals surface area contributed by atoms with E-state index in [4.69, 9.17) is 0 Å². The number of hydrogen-bond donors (Lipinski definition) is 0. The Bertz CT molecular complexity index is 961. The lowest BCUT2D eigenvalue weighted by atomic mass is 10.0. The molecule has 0 bridgehead atoms. The van der Waals surface area contributed by atoms with E-state index in [0.717, 1.165) is 33.6 Å². The number of para-hydroxylation sites is 1. The van der Waals surface area contributed by atoms with Crippen molar-refractivity contribution in [1.29, 1.82) is 0 Å². The Balaban J connectivity index is 1.84. The fraction of sp³-hybridized carbons (Fsp3) is 0.0909. The minimum Gasteiger partial charge on any atom is -0.308 e. The van der Waals surface area contributed by atoms with E-state index in [1.807, 2.05) is 53.6 Å². The zero-order valence-electron chi connectivity index (χ0n) is 14.0. The number of aromatic nitrogens is 1. The molecule has 2 heterocycles. The van der Waals surface area contributed by atoms with E-state index in [0.29, 0.717) is 6.54 Å². The third-order valence-electron chi connectivity index (χ3n) is 4.47. The maximum Gasteiger partial charge on any atom is 0.224 e. The minimum absolute atomic E-state index is 0.0286. The Labute approximate surface area is 147 Å². The SMILES string of the molecule is CC(=O)N1Cc2cnc(-c3ccccc3)cc2C=Cc2ccccc21. The lowest BCUT2D eigenvalue weighted by Gasteiger charge is -2.25. The molecule has 0 atom stereocenters. The van der Waals surface area contributed by atoms with Crippen LogP contribution in [0.3, 0.4) is 0 Å². The van der Waals surface area contributed by atoms with Crippen molar-refractivity contribution >= 4 is 23.7 Å². The van der Waals surface area contributed by atoms with E-state index in [9.17, 15) is 4.79 Å². The number of hydrogen-bond acceptors (Lipinski definition) is 2. The first kappa shape index (κ1) is 15.3. The molecule has 4 rings (SSSR count). The number of carbonyl (C=O) groups excluding carboxylic acids is 1. The molecule has 1 aliphatic heterocycles. The third-order valence-corrected chi connectivity index (χ3v) is 4.47. The van der Waals surface area contributed by atoms with Crippen LogP contribution in [0.4, 0.5) is 5.69 Å². The van der Waals surface area contributed by atoms with Crippen molar-refractivity contribution in [2.75, 3.05) is 4.90 Å². The standard InChI is InChI=1S/C22H18N2O/c1-16(25)24-15-20-14-23-21(17-7-3-2-4-8-17)13-19(20)12-11-18-9-5-6-10-22(18)24/h2-14H,15H2,1H3. The second-order valence-corrected chi connectivity index (χ2v) is 6.13. The summed E-state index contributed by atoms with van der Waals surface area (Å²) in [6.07, 6.45) is 6.06. The number of fused-ring (bicyclic) bond motifs is 2. The Hall–Kier alpha value is -3.20. The van der Waals surface area contributed by atoms with E-state index in [-0.39, 0.29) is 5.91 Å². The molecule has 1 amide bonds. The minimum atomic E-state index is 0.0286. The van der Waals surface area contributed by atoms with Gasteiger partial charge in [0.2, 0.25) is 5.91 Å². The molecule has 0 N–H and O–H groups in total. The van der Waals surface area contributed by atoms with E-state index in [1.165, 1.54) is 0 Å². The second-order valence-electron chi connectivity index (χ2n) is 6.13. The number of anilines is 1. The predicted molar refractivity (Wildman–Crippen MR) is 102 cm³/mol. The summed E-state index contributed by atoms with van der Waals surface area (Å²) in [6, 6.07) is 20.2. The summed E-state index contributed by atoms with van der Waals surface area (Å²) in [4.78, 5) is 18.6. The summed E-state index contributed by atoms with van der Waals surface area (Å²) < 4.78 is 0. The van der Waals surface area contributed by atoms with Crippen LogP contribution in [0.2, 0.25) is 0 Å². The van der Waals surface area contributed by atoms with Gasteiger partial charge in [0.15, 0.2) is 0 Å². The summed E-state index contributed by atoms with van der Waals surface area (Å²) in [5.74, 6) is 0.0286. The highest BCUT2D eigenvalue weighted by molar-refractivity contribution is 5.95. The molecule has 2 aromatic carbocycles. The van der Waals surface area contributed by atoms with Gasteiger partial charge in [-0.2, -0.15) is 0 Å². The number of pyridine rings is 1. The Kier molecular flexibility index (Phi) is 3.90. The molecule has 0 fully saturated rings. The molecule has 122 valence electrons. The van der Waals surface area contributed by atoms with Gasteiger partial charge in [-0.3, -0.25) is 9.78 Å². The lowest BCUT2D eigenvalue weighted by molar-refractivity contribution is -0.116. The molecule has 0 unspecified atom stereocenters. The monoisotopic (exact) mass is 326 g/mol. The molecule has 3 heteroatoms. The molecule has 3 aromatic rings. The Morgan fingerprint density at radius 2 is 1.68 bits per heavy atom. The van der Waals surface area contributed by atoms with Crippen LogP contribution >= 0.6 is 0 Å². The largest absolute Gasteiger partial charge is 0.308 e. The highest BCUT2D eigenvalue weighted by atomic mass is 16.2. The number of benzene rings is 2. The van der Waals surface area contributed by atoms with Crippen LogP contribution < -0.4 is 4.90 Å². The molecule has 0 spiro atoms. The fourth-order valence-corrected chi connectivity index (χ4v) is 3.14. The molecule has 1 aliphatic rings. The molecule has 1 aromatic heterocycles. The van der Waals surface area contributed by atoms with Gasteiger partial charge in [-0.05, 0) is 28.8 Å². The van der Waals surface area contributed by atoms with Gasteiger partial charge in [-0.1, -0.05) is 60.7 Å². The summed E-state index contributed by atoms with van der Waals surface area (Å²) in [5.41, 5.74) is 6.14. The number of rotatable bonds is 1. The summed E-state index contributed by atoms with van der Waals surface area (Å²) in [6.45, 7) is 2.13. The Morgan fingerprint density at radius 3 is 2.48 bits per heavy atom. The quantitative estimate of drug-likeness (QED) is 0.644. The van der Waals surface area contributed by atoms with Crippen LogP contribution in [-0.4, -0.2) is 10.9 Å². The zero-order valence-corrected chi connectivity index (χ0v) is 14.0. The van der Waals surface area contributed by atoms with Crippen molar-refractivity contribution in [3.63, 3.8) is 0 Å². The van der Waals surface area contributed by atoms with E-state index >= 15 is 0 Å². The first-order chi connectivity index (χ1) is 12.2. The summed E-state index contributed by atoms with van der Waals surface area (Å²) in [5, 5.41) is 0. The summed E-state index contributed by atoms with van der Waals surface area (Å²) >= 11 is 0. The van der Waals surface area contributed by atoms with Crippen LogP contribution in [0.15, 0.2) is 66.9 Å². The van der Waals surface area contributed by atoms with E-state index in [2.05, 4.69) is 35.3 Å². The maximum absolute atomic E-state index is 12.2. The van der Waals surface area contributed by atoms with Gasteiger partial charge in [-0.25, -0.2) is 0 Å². The van der Waals surface area contributed by atoms with Gasteiger partial charge < -0.3 is 4.90 Å². The van der Waals surface area contributed by atoms with Crippen molar-refractivity contribution in [3.8, 4) is 11.3 Å². The van der Waals surface area contributed by atoms with Crippen molar-refractivity contribution in [2.45, 2.75) is 13.5 Å². The van der Waals surface area contributed by atoms with Crippen molar-refractivity contribution in [2.24, 2.45) is 0 Å². The van der Waals surface area contributed by atoms with Gasteiger partial charge in [-0.15, -0.1) is 0 Å². The van der Waals surface area contributed by atoms with Crippen molar-refractivity contribution < 1.29 is 4.79 Å². The normalized spacial score (nSPS) is 12.8. The maximum atomic E-state index is 12.2. The molecule has 25 heavy (non-hydrogen) atoms. The number of carbonyl (C=O) groups is 1. The van der Waals surface area contributed by atoms with Gasteiger partial charge in [0.05, 0.1) is 17.9 Å². The predicted octanol–water partition coefficient (Wildman–Crippen LogP) is 4.79. The number of amides is 1. The van der Waals surface area contributed by atoms with Crippen LogP contribution in [0.25, 0.3) is 23.4 Å². The third kappa shape index (κ3) is 2.96. The summed E-state index contributed by atoms with van der Waals surface area (Å²) in [7, 11) is 0. The second kappa shape index (κ2) is 6.36. The Morgan fingerprint density at radius 1 is 0.960 bits per heavy atom. The van der Waals surface area contributed by atoms with Gasteiger partial charge in [0.25, 0.3) is 0 Å². The van der Waals surface area contributed by atoms with E-state index in [1.54, 1.807) is 6.92 Å². The first-order valence-corrected chi connectivity index (χ1v) is 8.32. The fourth-order valence-electron chi connectivity index (χ4n) is 3.14. The van der Waals surface area contributed by atoms with Crippen LogP contribution in [0.5, 0.6) is 0 Å². The van der Waals surface area contributed by atoms with Crippen LogP contribution in [0.1, 0.15) is 23.6 Å². The van der Waals surface area contributed by atoms with Gasteiger partial charge >= 0.3 is 0 Å². The molecule has 3 nitrogen and oxygen atoms in total. The molecular weight excluding hydrogens is 308 g/mol. The average Bonchev–Trinajstić information content (AvgIpc) is 2.64. The average molecular weight is 326 g/mol. The van der Waals surface area contributed by atoms with Gasteiger partial charge in [0.1, 0.15) is 0 Å². The zero-order chi connectivity index (χ0) is 17.2. The van der Waals surface area contributed by atoms with Crippen molar-refractivity contribution in [3.05, 3.63) is 83.6 Å². The van der Waals surface area contributed by atoms with Crippen LogP contribution in [-0.2, 0) is 11.3 Å².